The monoisotopic (exact) mass is 240 g/mol. The molecule has 5 nitrogen and oxygen atoms in total. The van der Waals surface area contributed by atoms with Crippen molar-refractivity contribution in [1.82, 2.24) is 4.98 Å². The van der Waals surface area contributed by atoms with Gasteiger partial charge in [-0.05, 0) is 25.5 Å². The maximum atomic E-state index is 9.67. The Morgan fingerprint density at radius 2 is 2.29 bits per heavy atom. The minimum absolute atomic E-state index is 0.211. The van der Waals surface area contributed by atoms with Crippen LogP contribution in [0.3, 0.4) is 0 Å². The lowest BCUT2D eigenvalue weighted by Gasteiger charge is -2.21. The Morgan fingerprint density at radius 3 is 2.94 bits per heavy atom. The van der Waals surface area contributed by atoms with Crippen LogP contribution < -0.4 is 10.1 Å². The van der Waals surface area contributed by atoms with Crippen molar-refractivity contribution in [1.29, 1.82) is 0 Å². The lowest BCUT2D eigenvalue weighted by atomic mass is 10.1. The molecule has 0 aliphatic rings. The molecule has 0 aromatic carbocycles. The summed E-state index contributed by atoms with van der Waals surface area (Å²) in [4.78, 5) is 4.14. The number of aromatic nitrogens is 1. The van der Waals surface area contributed by atoms with Crippen LogP contribution in [0.15, 0.2) is 18.3 Å². The summed E-state index contributed by atoms with van der Waals surface area (Å²) in [6.07, 6.45) is 2.57. The number of ether oxygens (including phenoxy) is 1. The third-order valence-corrected chi connectivity index (χ3v) is 2.21. The maximum Gasteiger partial charge on any atom is 0.168 e. The highest BCUT2D eigenvalue weighted by Crippen LogP contribution is 2.21. The number of hydrogen-bond donors (Lipinski definition) is 3. The second-order valence-electron chi connectivity index (χ2n) is 4.21. The molecule has 0 saturated heterocycles. The maximum absolute atomic E-state index is 9.67. The molecular weight excluding hydrogens is 220 g/mol. The molecule has 0 saturated carbocycles. The van der Waals surface area contributed by atoms with Crippen molar-refractivity contribution < 1.29 is 14.9 Å². The third-order valence-electron chi connectivity index (χ3n) is 2.21. The molecule has 3 N–H and O–H groups in total. The molecule has 1 aromatic rings. The molecule has 1 rings (SSSR count). The molecule has 0 amide bonds. The Hall–Kier alpha value is -1.33. The molecule has 1 atom stereocenters. The summed E-state index contributed by atoms with van der Waals surface area (Å²) in [5.41, 5.74) is -1.17. The number of pyridine rings is 1. The normalized spacial score (nSPS) is 14.1. The van der Waals surface area contributed by atoms with E-state index < -0.39 is 5.60 Å². The van der Waals surface area contributed by atoms with E-state index in [2.05, 4.69) is 10.3 Å². The second kappa shape index (κ2) is 6.42. The van der Waals surface area contributed by atoms with Crippen molar-refractivity contribution in [2.75, 3.05) is 25.1 Å². The SMILES string of the molecule is CCCOc1cccnc1NCC(C)(O)CO. The third kappa shape index (κ3) is 4.58. The van der Waals surface area contributed by atoms with E-state index in [0.717, 1.165) is 6.42 Å². The Labute approximate surface area is 101 Å². The fourth-order valence-corrected chi connectivity index (χ4v) is 1.18. The molecule has 17 heavy (non-hydrogen) atoms. The summed E-state index contributed by atoms with van der Waals surface area (Å²) < 4.78 is 5.52. The first-order valence-electron chi connectivity index (χ1n) is 5.74. The minimum atomic E-state index is -1.17. The summed E-state index contributed by atoms with van der Waals surface area (Å²) >= 11 is 0. The molecule has 0 bridgehead atoms. The van der Waals surface area contributed by atoms with E-state index in [1.165, 1.54) is 0 Å². The highest BCUT2D eigenvalue weighted by Gasteiger charge is 2.19. The van der Waals surface area contributed by atoms with E-state index in [4.69, 9.17) is 9.84 Å². The van der Waals surface area contributed by atoms with Gasteiger partial charge in [-0.1, -0.05) is 6.92 Å². The van der Waals surface area contributed by atoms with Gasteiger partial charge in [-0.25, -0.2) is 4.98 Å². The smallest absolute Gasteiger partial charge is 0.168 e. The van der Waals surface area contributed by atoms with Gasteiger partial charge in [0.05, 0.1) is 13.2 Å². The van der Waals surface area contributed by atoms with Crippen molar-refractivity contribution in [2.45, 2.75) is 25.9 Å². The van der Waals surface area contributed by atoms with Crippen molar-refractivity contribution in [3.63, 3.8) is 0 Å². The van der Waals surface area contributed by atoms with Gasteiger partial charge in [0, 0.05) is 12.7 Å². The number of rotatable bonds is 7. The summed E-state index contributed by atoms with van der Waals surface area (Å²) in [6.45, 7) is 4.10. The molecule has 1 unspecified atom stereocenters. The number of nitrogens with zero attached hydrogens (tertiary/aromatic N) is 1. The van der Waals surface area contributed by atoms with E-state index in [1.54, 1.807) is 19.2 Å². The standard InChI is InChI=1S/C12H20N2O3/c1-3-7-17-10-5-4-6-13-11(10)14-8-12(2,16)9-15/h4-6,15-16H,3,7-9H2,1-2H3,(H,13,14). The zero-order chi connectivity index (χ0) is 12.7. The Kier molecular flexibility index (Phi) is 5.18. The molecule has 1 aromatic heterocycles. The fraction of sp³-hybridized carbons (Fsp3) is 0.583. The molecule has 0 aliphatic heterocycles. The highest BCUT2D eigenvalue weighted by molar-refractivity contribution is 5.49. The first-order chi connectivity index (χ1) is 8.09. The molecule has 0 fully saturated rings. The average Bonchev–Trinajstić information content (AvgIpc) is 2.35. The zero-order valence-corrected chi connectivity index (χ0v) is 10.3. The summed E-state index contributed by atoms with van der Waals surface area (Å²) in [6, 6.07) is 3.61. The van der Waals surface area contributed by atoms with Gasteiger partial charge in [0.15, 0.2) is 11.6 Å². The van der Waals surface area contributed by atoms with E-state index in [0.29, 0.717) is 18.2 Å². The molecule has 5 heteroatoms. The lowest BCUT2D eigenvalue weighted by Crippen LogP contribution is -2.37. The van der Waals surface area contributed by atoms with Crippen LogP contribution in [0.4, 0.5) is 5.82 Å². The van der Waals surface area contributed by atoms with E-state index in [1.807, 2.05) is 13.0 Å². The average molecular weight is 240 g/mol. The summed E-state index contributed by atoms with van der Waals surface area (Å²) in [5, 5.41) is 21.6. The van der Waals surface area contributed by atoms with Gasteiger partial charge >= 0.3 is 0 Å². The molecule has 0 aliphatic carbocycles. The van der Waals surface area contributed by atoms with Gasteiger partial charge in [-0.15, -0.1) is 0 Å². The predicted molar refractivity (Wildman–Crippen MR) is 66.2 cm³/mol. The number of aliphatic hydroxyl groups excluding tert-OH is 1. The summed E-state index contributed by atoms with van der Waals surface area (Å²) in [7, 11) is 0. The molecule has 0 spiro atoms. The van der Waals surface area contributed by atoms with Crippen molar-refractivity contribution >= 4 is 5.82 Å². The van der Waals surface area contributed by atoms with Crippen LogP contribution in [0, 0.1) is 0 Å². The fourth-order valence-electron chi connectivity index (χ4n) is 1.18. The molecular formula is C12H20N2O3. The van der Waals surface area contributed by atoms with Crippen LogP contribution in [0.1, 0.15) is 20.3 Å². The lowest BCUT2D eigenvalue weighted by molar-refractivity contribution is 0.0131. The van der Waals surface area contributed by atoms with Crippen molar-refractivity contribution in [3.05, 3.63) is 18.3 Å². The number of nitrogens with one attached hydrogen (secondary N) is 1. The van der Waals surface area contributed by atoms with Gasteiger partial charge in [0.2, 0.25) is 0 Å². The Morgan fingerprint density at radius 1 is 1.53 bits per heavy atom. The first kappa shape index (κ1) is 13.7. The van der Waals surface area contributed by atoms with E-state index >= 15 is 0 Å². The van der Waals surface area contributed by atoms with Crippen molar-refractivity contribution in [2.24, 2.45) is 0 Å². The van der Waals surface area contributed by atoms with Gasteiger partial charge in [0.25, 0.3) is 0 Å². The number of anilines is 1. The van der Waals surface area contributed by atoms with Gasteiger partial charge < -0.3 is 20.3 Å². The van der Waals surface area contributed by atoms with Crippen LogP contribution in [0.25, 0.3) is 0 Å². The van der Waals surface area contributed by atoms with Crippen LogP contribution in [-0.2, 0) is 0 Å². The molecule has 96 valence electrons. The van der Waals surface area contributed by atoms with Crippen LogP contribution in [0.2, 0.25) is 0 Å². The van der Waals surface area contributed by atoms with Crippen LogP contribution >= 0.6 is 0 Å². The largest absolute Gasteiger partial charge is 0.490 e. The second-order valence-corrected chi connectivity index (χ2v) is 4.21. The van der Waals surface area contributed by atoms with Crippen molar-refractivity contribution in [3.8, 4) is 5.75 Å². The first-order valence-corrected chi connectivity index (χ1v) is 5.74. The topological polar surface area (TPSA) is 74.6 Å². The van der Waals surface area contributed by atoms with Crippen LogP contribution in [0.5, 0.6) is 5.75 Å². The van der Waals surface area contributed by atoms with E-state index in [-0.39, 0.29) is 13.2 Å². The number of hydrogen-bond acceptors (Lipinski definition) is 5. The molecule has 0 radical (unpaired) electrons. The van der Waals surface area contributed by atoms with Crippen LogP contribution in [-0.4, -0.2) is 40.6 Å². The quantitative estimate of drug-likeness (QED) is 0.663. The Balaban J connectivity index is 2.63. The zero-order valence-electron chi connectivity index (χ0n) is 10.3. The number of aliphatic hydroxyl groups is 2. The summed E-state index contributed by atoms with van der Waals surface area (Å²) in [5.74, 6) is 1.23. The van der Waals surface area contributed by atoms with Gasteiger partial charge in [-0.3, -0.25) is 0 Å². The highest BCUT2D eigenvalue weighted by atomic mass is 16.5. The predicted octanol–water partition coefficient (Wildman–Crippen LogP) is 1.03. The Bertz CT molecular complexity index is 342. The molecule has 1 heterocycles. The minimum Gasteiger partial charge on any atom is -0.490 e. The van der Waals surface area contributed by atoms with Gasteiger partial charge in [0.1, 0.15) is 5.60 Å². The van der Waals surface area contributed by atoms with Gasteiger partial charge in [-0.2, -0.15) is 0 Å². The van der Waals surface area contributed by atoms with E-state index in [9.17, 15) is 5.11 Å².